The van der Waals surface area contributed by atoms with E-state index >= 15 is 0 Å². The first-order valence-corrected chi connectivity index (χ1v) is 10.6. The van der Waals surface area contributed by atoms with Gasteiger partial charge >= 0.3 is 0 Å². The number of ether oxygens (including phenoxy) is 3. The maximum Gasteiger partial charge on any atom is 0.175 e. The highest BCUT2D eigenvalue weighted by molar-refractivity contribution is 7.77. The molecule has 27 heavy (non-hydrogen) atoms. The third kappa shape index (κ3) is 3.82. The molecule has 5 heteroatoms. The van der Waals surface area contributed by atoms with E-state index in [1.807, 2.05) is 18.2 Å². The summed E-state index contributed by atoms with van der Waals surface area (Å²) in [6.07, 6.45) is 2.80. The molecule has 0 N–H and O–H groups in total. The Morgan fingerprint density at radius 1 is 1.19 bits per heavy atom. The van der Waals surface area contributed by atoms with Gasteiger partial charge in [-0.3, -0.25) is 0 Å². The van der Waals surface area contributed by atoms with Gasteiger partial charge in [0.1, 0.15) is 6.10 Å². The molecule has 2 saturated heterocycles. The fourth-order valence-electron chi connectivity index (χ4n) is 4.63. The molecule has 2 aliphatic rings. The van der Waals surface area contributed by atoms with E-state index in [1.54, 1.807) is 0 Å². The number of rotatable bonds is 6. The van der Waals surface area contributed by atoms with Crippen LogP contribution in [0.5, 0.6) is 0 Å². The Morgan fingerprint density at radius 3 is 2.52 bits per heavy atom. The minimum atomic E-state index is -0.560. The summed E-state index contributed by atoms with van der Waals surface area (Å²) >= 11 is 4.93. The predicted octanol–water partition coefficient (Wildman–Crippen LogP) is 4.84. The topological polar surface area (TPSA) is 30.9 Å². The molecule has 5 atom stereocenters. The summed E-state index contributed by atoms with van der Waals surface area (Å²) in [5.74, 6) is -0.346. The Kier molecular flexibility index (Phi) is 6.29. The van der Waals surface area contributed by atoms with Crippen LogP contribution in [-0.2, 0) is 20.8 Å². The first-order valence-electron chi connectivity index (χ1n) is 10.2. The lowest BCUT2D eigenvalue weighted by molar-refractivity contribution is -0.271. The molecule has 3 rings (SSSR count). The van der Waals surface area contributed by atoms with Crippen LogP contribution in [-0.4, -0.2) is 40.5 Å². The van der Waals surface area contributed by atoms with E-state index in [-0.39, 0.29) is 23.1 Å². The van der Waals surface area contributed by atoms with Gasteiger partial charge in [0.2, 0.25) is 0 Å². The zero-order chi connectivity index (χ0) is 19.7. The highest BCUT2D eigenvalue weighted by Gasteiger charge is 2.62. The molecule has 0 amide bonds. The van der Waals surface area contributed by atoms with Gasteiger partial charge in [0.15, 0.2) is 5.79 Å². The predicted molar refractivity (Wildman–Crippen MR) is 112 cm³/mol. The second-order valence-corrected chi connectivity index (χ2v) is 9.03. The number of hydrogen-bond acceptors (Lipinski definition) is 5. The van der Waals surface area contributed by atoms with Crippen LogP contribution in [0.25, 0.3) is 0 Å². The summed E-state index contributed by atoms with van der Waals surface area (Å²) in [4.78, 5) is 0. The molecule has 0 bridgehead atoms. The van der Waals surface area contributed by atoms with Crippen LogP contribution >= 0.6 is 12.8 Å². The summed E-state index contributed by atoms with van der Waals surface area (Å²) < 4.78 is 21.2. The minimum Gasteiger partial charge on any atom is -0.374 e. The molecule has 2 aliphatic heterocycles. The average molecular weight is 394 g/mol. The molecule has 0 aromatic heterocycles. The molecule has 1 aromatic carbocycles. The normalized spacial score (nSPS) is 39.9. The number of nitrogens with zero attached hydrogens (tertiary/aromatic N) is 1. The number of piperidine rings is 1. The van der Waals surface area contributed by atoms with Gasteiger partial charge in [0.05, 0.1) is 19.8 Å². The van der Waals surface area contributed by atoms with Crippen molar-refractivity contribution in [3.05, 3.63) is 35.9 Å². The zero-order valence-electron chi connectivity index (χ0n) is 17.4. The van der Waals surface area contributed by atoms with Crippen LogP contribution in [0.2, 0.25) is 0 Å². The fraction of sp³-hybridized carbons (Fsp3) is 0.727. The minimum absolute atomic E-state index is 0.0233. The Hall–Kier alpha value is -0.590. The monoisotopic (exact) mass is 393 g/mol. The SMILES string of the molecule is CCC1(C)CC2(OCC(COCc3ccccc3)O2)C(C)C(C)(CC)N1S. The summed E-state index contributed by atoms with van der Waals surface area (Å²) in [5.41, 5.74) is 1.02. The van der Waals surface area contributed by atoms with Gasteiger partial charge in [0, 0.05) is 23.4 Å². The lowest BCUT2D eigenvalue weighted by Crippen LogP contribution is -2.69. The second kappa shape index (κ2) is 8.03. The highest BCUT2D eigenvalue weighted by atomic mass is 32.1. The largest absolute Gasteiger partial charge is 0.374 e. The molecule has 0 aliphatic carbocycles. The molecular formula is C22H35NO3S. The lowest BCUT2D eigenvalue weighted by Gasteiger charge is -2.61. The van der Waals surface area contributed by atoms with Crippen molar-refractivity contribution in [2.75, 3.05) is 13.2 Å². The van der Waals surface area contributed by atoms with E-state index in [0.29, 0.717) is 19.8 Å². The van der Waals surface area contributed by atoms with Crippen LogP contribution in [0.15, 0.2) is 30.3 Å². The molecule has 0 radical (unpaired) electrons. The molecule has 152 valence electrons. The molecule has 1 spiro atoms. The van der Waals surface area contributed by atoms with E-state index in [2.05, 4.69) is 51.1 Å². The van der Waals surface area contributed by atoms with Gasteiger partial charge in [-0.2, -0.15) is 0 Å². The van der Waals surface area contributed by atoms with E-state index in [4.69, 9.17) is 27.0 Å². The molecule has 2 fully saturated rings. The summed E-state index contributed by atoms with van der Waals surface area (Å²) in [6.45, 7) is 13.0. The third-order valence-corrected chi connectivity index (χ3v) is 7.93. The Balaban J connectivity index is 1.68. The Morgan fingerprint density at radius 2 is 1.89 bits per heavy atom. The van der Waals surface area contributed by atoms with Gasteiger partial charge in [0.25, 0.3) is 0 Å². The molecule has 2 heterocycles. The van der Waals surface area contributed by atoms with Crippen molar-refractivity contribution in [1.29, 1.82) is 0 Å². The first-order chi connectivity index (χ1) is 12.8. The summed E-state index contributed by atoms with van der Waals surface area (Å²) in [6, 6.07) is 10.3. The van der Waals surface area contributed by atoms with Gasteiger partial charge < -0.3 is 14.2 Å². The molecule has 0 saturated carbocycles. The van der Waals surface area contributed by atoms with Gasteiger partial charge in [-0.1, -0.05) is 63.9 Å². The molecular weight excluding hydrogens is 358 g/mol. The number of benzene rings is 1. The van der Waals surface area contributed by atoms with Crippen molar-refractivity contribution >= 4 is 12.8 Å². The number of thiol groups is 1. The maximum absolute atomic E-state index is 6.58. The maximum atomic E-state index is 6.58. The van der Waals surface area contributed by atoms with E-state index in [0.717, 1.165) is 19.3 Å². The van der Waals surface area contributed by atoms with E-state index in [9.17, 15) is 0 Å². The van der Waals surface area contributed by atoms with Crippen LogP contribution in [0.4, 0.5) is 0 Å². The van der Waals surface area contributed by atoms with E-state index in [1.165, 1.54) is 5.56 Å². The smallest absolute Gasteiger partial charge is 0.175 e. The van der Waals surface area contributed by atoms with Crippen molar-refractivity contribution in [3.8, 4) is 0 Å². The first kappa shape index (κ1) is 21.1. The average Bonchev–Trinajstić information content (AvgIpc) is 3.09. The van der Waals surface area contributed by atoms with Crippen molar-refractivity contribution in [2.24, 2.45) is 5.92 Å². The van der Waals surface area contributed by atoms with E-state index < -0.39 is 5.79 Å². The van der Waals surface area contributed by atoms with Crippen LogP contribution in [0.1, 0.15) is 59.4 Å². The Bertz CT molecular complexity index is 629. The molecule has 5 unspecified atom stereocenters. The second-order valence-electron chi connectivity index (χ2n) is 8.63. The quantitative estimate of drug-likeness (QED) is 0.701. The summed E-state index contributed by atoms with van der Waals surface area (Å²) in [7, 11) is 0. The van der Waals surface area contributed by atoms with Crippen molar-refractivity contribution in [1.82, 2.24) is 4.31 Å². The standard InChI is InChI=1S/C22H35NO3S/c1-6-20(4)16-22(17(3)21(5,7-2)23(20)27)25-15-19(26-22)14-24-13-18-11-9-8-10-12-18/h8-12,17,19,27H,6-7,13-16H2,1-5H3. The Labute approximate surface area is 170 Å². The van der Waals surface area contributed by atoms with Crippen molar-refractivity contribution in [3.63, 3.8) is 0 Å². The highest BCUT2D eigenvalue weighted by Crippen LogP contribution is 2.54. The third-order valence-electron chi connectivity index (χ3n) is 6.99. The van der Waals surface area contributed by atoms with Crippen molar-refractivity contribution < 1.29 is 14.2 Å². The zero-order valence-corrected chi connectivity index (χ0v) is 18.3. The van der Waals surface area contributed by atoms with Crippen LogP contribution < -0.4 is 0 Å². The number of hydrogen-bond donors (Lipinski definition) is 1. The van der Waals surface area contributed by atoms with Crippen molar-refractivity contribution in [2.45, 2.75) is 83.5 Å². The molecule has 1 aromatic rings. The molecule has 4 nitrogen and oxygen atoms in total. The van der Waals surface area contributed by atoms with Gasteiger partial charge in [-0.05, 0) is 32.3 Å². The van der Waals surface area contributed by atoms with Crippen LogP contribution in [0, 0.1) is 5.92 Å². The van der Waals surface area contributed by atoms with Gasteiger partial charge in [-0.25, -0.2) is 4.31 Å². The fourth-order valence-corrected chi connectivity index (χ4v) is 5.16. The van der Waals surface area contributed by atoms with Gasteiger partial charge in [-0.15, -0.1) is 0 Å². The van der Waals surface area contributed by atoms with Crippen LogP contribution in [0.3, 0.4) is 0 Å². The summed E-state index contributed by atoms with van der Waals surface area (Å²) in [5, 5.41) is 0. The lowest BCUT2D eigenvalue weighted by atomic mass is 9.68.